The van der Waals surface area contributed by atoms with Gasteiger partial charge in [-0.25, -0.2) is 4.39 Å². The second kappa shape index (κ2) is 5.10. The smallest absolute Gasteiger partial charge is 0.124 e. The van der Waals surface area contributed by atoms with Crippen LogP contribution in [0.5, 0.6) is 0 Å². The van der Waals surface area contributed by atoms with Gasteiger partial charge in [-0.1, -0.05) is 22.0 Å². The van der Waals surface area contributed by atoms with E-state index in [0.717, 1.165) is 20.9 Å². The normalized spacial score (nSPS) is 10.7. The second-order valence-electron chi connectivity index (χ2n) is 4.58. The molecule has 0 radical (unpaired) electrons. The molecule has 0 spiro atoms. The van der Waals surface area contributed by atoms with Crippen LogP contribution in [0.15, 0.2) is 53.1 Å². The van der Waals surface area contributed by atoms with Gasteiger partial charge < -0.3 is 4.57 Å². The van der Waals surface area contributed by atoms with E-state index in [1.165, 1.54) is 12.1 Å². The van der Waals surface area contributed by atoms with Crippen molar-refractivity contribution in [1.82, 2.24) is 4.57 Å². The molecule has 2 nitrogen and oxygen atoms in total. The highest BCUT2D eigenvalue weighted by molar-refractivity contribution is 9.10. The summed E-state index contributed by atoms with van der Waals surface area (Å²) in [6.07, 6.45) is 1.96. The van der Waals surface area contributed by atoms with Crippen molar-refractivity contribution in [2.24, 2.45) is 0 Å². The number of fused-ring (bicyclic) bond motifs is 1. The predicted octanol–water partition coefficient (Wildman–Crippen LogP) is 4.46. The largest absolute Gasteiger partial charge is 0.343 e. The number of nitriles is 1. The number of aromatic nitrogens is 1. The predicted molar refractivity (Wildman–Crippen MR) is 79.9 cm³/mol. The highest BCUT2D eigenvalue weighted by Crippen LogP contribution is 2.25. The maximum absolute atomic E-state index is 13.5. The van der Waals surface area contributed by atoms with Crippen molar-refractivity contribution in [2.75, 3.05) is 0 Å². The van der Waals surface area contributed by atoms with Gasteiger partial charge in [-0.15, -0.1) is 0 Å². The topological polar surface area (TPSA) is 28.7 Å². The van der Waals surface area contributed by atoms with Crippen LogP contribution in [0, 0.1) is 17.1 Å². The number of halogens is 2. The fourth-order valence-electron chi connectivity index (χ4n) is 2.33. The van der Waals surface area contributed by atoms with E-state index in [0.29, 0.717) is 12.1 Å². The molecular formula is C16H10BrFN2. The van der Waals surface area contributed by atoms with E-state index in [1.54, 1.807) is 6.07 Å². The summed E-state index contributed by atoms with van der Waals surface area (Å²) in [5, 5.41) is 10.0. The first kappa shape index (κ1) is 12.9. The van der Waals surface area contributed by atoms with Gasteiger partial charge in [-0.05, 0) is 42.0 Å². The quantitative estimate of drug-likeness (QED) is 0.682. The van der Waals surface area contributed by atoms with Crippen molar-refractivity contribution >= 4 is 26.8 Å². The molecule has 0 bridgehead atoms. The molecule has 0 amide bonds. The number of nitrogens with zero attached hydrogens (tertiary/aromatic N) is 2. The van der Waals surface area contributed by atoms with Gasteiger partial charge in [0.25, 0.3) is 0 Å². The summed E-state index contributed by atoms with van der Waals surface area (Å²) in [4.78, 5) is 0. The van der Waals surface area contributed by atoms with Gasteiger partial charge in [0.2, 0.25) is 0 Å². The third-order valence-corrected chi connectivity index (χ3v) is 3.89. The summed E-state index contributed by atoms with van der Waals surface area (Å²) in [7, 11) is 0. The van der Waals surface area contributed by atoms with Crippen LogP contribution in [-0.2, 0) is 6.54 Å². The molecule has 0 fully saturated rings. The monoisotopic (exact) mass is 328 g/mol. The zero-order valence-electron chi connectivity index (χ0n) is 10.5. The zero-order valence-corrected chi connectivity index (χ0v) is 12.1. The lowest BCUT2D eigenvalue weighted by atomic mass is 10.1. The molecule has 1 aromatic heterocycles. The molecule has 0 aliphatic carbocycles. The lowest BCUT2D eigenvalue weighted by molar-refractivity contribution is 0.623. The fourth-order valence-corrected chi connectivity index (χ4v) is 2.81. The molecule has 3 aromatic rings. The van der Waals surface area contributed by atoms with Crippen LogP contribution >= 0.6 is 15.9 Å². The van der Waals surface area contributed by atoms with Crippen molar-refractivity contribution in [3.8, 4) is 6.07 Å². The Hall–Kier alpha value is -2.12. The lowest BCUT2D eigenvalue weighted by Gasteiger charge is -2.07. The molecule has 0 aliphatic rings. The van der Waals surface area contributed by atoms with Gasteiger partial charge in [-0.3, -0.25) is 0 Å². The van der Waals surface area contributed by atoms with Crippen LogP contribution in [0.3, 0.4) is 0 Å². The number of rotatable bonds is 2. The first-order valence-electron chi connectivity index (χ1n) is 6.10. The fraction of sp³-hybridized carbons (Fsp3) is 0.0625. The maximum Gasteiger partial charge on any atom is 0.124 e. The van der Waals surface area contributed by atoms with Gasteiger partial charge in [0.1, 0.15) is 5.82 Å². The Kier molecular flexibility index (Phi) is 3.29. The highest BCUT2D eigenvalue weighted by atomic mass is 79.9. The summed E-state index contributed by atoms with van der Waals surface area (Å²) in [6.45, 7) is 0.534. The summed E-state index contributed by atoms with van der Waals surface area (Å²) in [5.74, 6) is -0.378. The summed E-state index contributed by atoms with van der Waals surface area (Å²) in [5.41, 5.74) is 2.19. The van der Waals surface area contributed by atoms with Gasteiger partial charge >= 0.3 is 0 Å². The van der Waals surface area contributed by atoms with Crippen molar-refractivity contribution in [3.63, 3.8) is 0 Å². The molecular weight excluding hydrogens is 319 g/mol. The molecule has 98 valence electrons. The number of hydrogen-bond donors (Lipinski definition) is 0. The Morgan fingerprint density at radius 3 is 2.85 bits per heavy atom. The third-order valence-electron chi connectivity index (χ3n) is 3.20. The molecule has 0 aliphatic heterocycles. The van der Waals surface area contributed by atoms with Crippen molar-refractivity contribution in [1.29, 1.82) is 5.26 Å². The first-order valence-corrected chi connectivity index (χ1v) is 6.89. The Labute approximate surface area is 124 Å². The Morgan fingerprint density at radius 1 is 1.20 bits per heavy atom. The average molecular weight is 329 g/mol. The zero-order chi connectivity index (χ0) is 14.1. The maximum atomic E-state index is 13.5. The number of benzene rings is 2. The van der Waals surface area contributed by atoms with Crippen LogP contribution in [0.1, 0.15) is 11.1 Å². The van der Waals surface area contributed by atoms with Gasteiger partial charge in [0.05, 0.1) is 11.6 Å². The van der Waals surface area contributed by atoms with Gasteiger partial charge in [0, 0.05) is 28.1 Å². The average Bonchev–Trinajstić information content (AvgIpc) is 2.83. The first-order chi connectivity index (χ1) is 9.67. The van der Waals surface area contributed by atoms with E-state index in [-0.39, 0.29) is 5.82 Å². The second-order valence-corrected chi connectivity index (χ2v) is 5.43. The van der Waals surface area contributed by atoms with Crippen LogP contribution in [0.25, 0.3) is 10.9 Å². The van der Waals surface area contributed by atoms with Crippen LogP contribution in [0.2, 0.25) is 0 Å². The minimum Gasteiger partial charge on any atom is -0.343 e. The molecule has 0 saturated carbocycles. The Morgan fingerprint density at radius 2 is 2.05 bits per heavy atom. The van der Waals surface area contributed by atoms with Crippen LogP contribution < -0.4 is 0 Å². The van der Waals surface area contributed by atoms with Crippen LogP contribution in [-0.4, -0.2) is 4.57 Å². The van der Waals surface area contributed by atoms with Crippen LogP contribution in [0.4, 0.5) is 4.39 Å². The minimum atomic E-state index is -0.378. The third kappa shape index (κ3) is 2.33. The molecule has 20 heavy (non-hydrogen) atoms. The molecule has 3 rings (SSSR count). The molecule has 0 atom stereocenters. The van der Waals surface area contributed by atoms with Gasteiger partial charge in [0.15, 0.2) is 0 Å². The van der Waals surface area contributed by atoms with Crippen molar-refractivity contribution in [2.45, 2.75) is 6.54 Å². The van der Waals surface area contributed by atoms with E-state index < -0.39 is 0 Å². The molecule has 1 heterocycles. The van der Waals surface area contributed by atoms with E-state index in [4.69, 9.17) is 5.26 Å². The van der Waals surface area contributed by atoms with Gasteiger partial charge in [-0.2, -0.15) is 5.26 Å². The summed E-state index contributed by atoms with van der Waals surface area (Å²) in [6, 6.07) is 14.4. The molecule has 0 unspecified atom stereocenters. The Balaban J connectivity index is 2.04. The standard InChI is InChI=1S/C16H10BrFN2/c17-15-2-1-3-16-14(15)4-5-20(16)10-12-6-11(9-19)7-13(18)8-12/h1-8H,10H2. The minimum absolute atomic E-state index is 0.345. The van der Waals surface area contributed by atoms with Crippen molar-refractivity contribution < 1.29 is 4.39 Å². The van der Waals surface area contributed by atoms with E-state index >= 15 is 0 Å². The SMILES string of the molecule is N#Cc1cc(F)cc(Cn2ccc3c(Br)cccc32)c1. The van der Waals surface area contributed by atoms with E-state index in [9.17, 15) is 4.39 Å². The number of hydrogen-bond acceptors (Lipinski definition) is 1. The summed E-state index contributed by atoms with van der Waals surface area (Å²) < 4.78 is 16.5. The van der Waals surface area contributed by atoms with E-state index in [1.807, 2.05) is 41.1 Å². The summed E-state index contributed by atoms with van der Waals surface area (Å²) >= 11 is 3.51. The Bertz CT molecular complexity index is 830. The van der Waals surface area contributed by atoms with Crippen molar-refractivity contribution in [3.05, 3.63) is 70.1 Å². The molecule has 0 saturated heterocycles. The highest BCUT2D eigenvalue weighted by Gasteiger charge is 2.06. The molecule has 2 aromatic carbocycles. The molecule has 4 heteroatoms. The lowest BCUT2D eigenvalue weighted by Crippen LogP contribution is -1.99. The molecule has 0 N–H and O–H groups in total. The van der Waals surface area contributed by atoms with E-state index in [2.05, 4.69) is 15.9 Å².